The number of aromatic nitrogens is 2. The molecule has 1 aliphatic rings. The quantitative estimate of drug-likeness (QED) is 0.792. The summed E-state index contributed by atoms with van der Waals surface area (Å²) < 4.78 is 5.29. The Hall–Kier alpha value is -0.900. The van der Waals surface area contributed by atoms with Crippen molar-refractivity contribution in [3.8, 4) is 0 Å². The summed E-state index contributed by atoms with van der Waals surface area (Å²) in [7, 11) is 0. The van der Waals surface area contributed by atoms with E-state index in [4.69, 9.17) is 4.52 Å². The second-order valence-corrected chi connectivity index (χ2v) is 5.07. The maximum Gasteiger partial charge on any atom is 0.226 e. The number of rotatable bonds is 7. The highest BCUT2D eigenvalue weighted by atomic mass is 16.5. The van der Waals surface area contributed by atoms with E-state index >= 15 is 0 Å². The van der Waals surface area contributed by atoms with E-state index in [1.54, 1.807) is 0 Å². The highest BCUT2D eigenvalue weighted by Crippen LogP contribution is 2.34. The average Bonchev–Trinajstić information content (AvgIpc) is 2.69. The van der Waals surface area contributed by atoms with E-state index < -0.39 is 0 Å². The smallest absolute Gasteiger partial charge is 0.226 e. The lowest BCUT2D eigenvalue weighted by Gasteiger charge is -2.20. The normalized spacial score (nSPS) is 18.0. The number of hydrogen-bond acceptors (Lipinski definition) is 4. The van der Waals surface area contributed by atoms with Crippen LogP contribution < -0.4 is 5.32 Å². The number of aryl methyl sites for hydroxylation is 1. The molecule has 1 heterocycles. The molecular formula is C13H23N3O. The Kier molecular flexibility index (Phi) is 4.54. The van der Waals surface area contributed by atoms with Crippen molar-refractivity contribution in [3.05, 3.63) is 11.7 Å². The van der Waals surface area contributed by atoms with Crippen molar-refractivity contribution in [2.45, 2.75) is 64.3 Å². The molecule has 0 aromatic carbocycles. The maximum absolute atomic E-state index is 5.29. The second-order valence-electron chi connectivity index (χ2n) is 5.07. The molecular weight excluding hydrogens is 214 g/mol. The van der Waals surface area contributed by atoms with Crippen molar-refractivity contribution in [1.29, 1.82) is 0 Å². The molecule has 1 saturated carbocycles. The van der Waals surface area contributed by atoms with Crippen molar-refractivity contribution in [2.24, 2.45) is 0 Å². The molecule has 1 unspecified atom stereocenters. The second kappa shape index (κ2) is 6.15. The lowest BCUT2D eigenvalue weighted by atomic mass is 9.85. The van der Waals surface area contributed by atoms with Gasteiger partial charge in [-0.3, -0.25) is 0 Å². The summed E-state index contributed by atoms with van der Waals surface area (Å²) in [5.41, 5.74) is 0. The van der Waals surface area contributed by atoms with Crippen LogP contribution in [0.2, 0.25) is 0 Å². The van der Waals surface area contributed by atoms with E-state index in [1.165, 1.54) is 25.7 Å². The van der Waals surface area contributed by atoms with Gasteiger partial charge < -0.3 is 9.84 Å². The fourth-order valence-electron chi connectivity index (χ4n) is 2.03. The first-order valence-corrected chi connectivity index (χ1v) is 6.85. The van der Waals surface area contributed by atoms with Crippen LogP contribution in [0.25, 0.3) is 0 Å². The van der Waals surface area contributed by atoms with E-state index in [2.05, 4.69) is 29.3 Å². The Morgan fingerprint density at radius 2 is 2.29 bits per heavy atom. The Labute approximate surface area is 103 Å². The summed E-state index contributed by atoms with van der Waals surface area (Å²) in [6.45, 7) is 5.47. The molecule has 4 heteroatoms. The summed E-state index contributed by atoms with van der Waals surface area (Å²) in [6, 6.07) is 0.522. The van der Waals surface area contributed by atoms with E-state index in [-0.39, 0.29) is 0 Å². The molecule has 4 nitrogen and oxygen atoms in total. The van der Waals surface area contributed by atoms with Crippen molar-refractivity contribution < 1.29 is 4.52 Å². The molecule has 2 rings (SSSR count). The minimum absolute atomic E-state index is 0.522. The fourth-order valence-corrected chi connectivity index (χ4v) is 2.03. The van der Waals surface area contributed by atoms with Crippen LogP contribution in [0.3, 0.4) is 0 Å². The van der Waals surface area contributed by atoms with Gasteiger partial charge in [-0.25, -0.2) is 0 Å². The van der Waals surface area contributed by atoms with E-state index in [9.17, 15) is 0 Å². The van der Waals surface area contributed by atoms with Crippen molar-refractivity contribution >= 4 is 0 Å². The third kappa shape index (κ3) is 3.53. The van der Waals surface area contributed by atoms with Gasteiger partial charge in [-0.1, -0.05) is 18.5 Å². The molecule has 1 aliphatic carbocycles. The minimum atomic E-state index is 0.522. The lowest BCUT2D eigenvalue weighted by molar-refractivity contribution is 0.342. The molecule has 0 saturated heterocycles. The van der Waals surface area contributed by atoms with Gasteiger partial charge >= 0.3 is 0 Å². The molecule has 96 valence electrons. The number of hydrogen-bond donors (Lipinski definition) is 1. The zero-order valence-electron chi connectivity index (χ0n) is 10.9. The van der Waals surface area contributed by atoms with Gasteiger partial charge in [0.25, 0.3) is 0 Å². The van der Waals surface area contributed by atoms with Crippen LogP contribution in [-0.4, -0.2) is 22.7 Å². The highest BCUT2D eigenvalue weighted by molar-refractivity contribution is 4.99. The lowest BCUT2D eigenvalue weighted by Crippen LogP contribution is -2.27. The Balaban J connectivity index is 1.72. The van der Waals surface area contributed by atoms with Crippen LogP contribution in [0.5, 0.6) is 0 Å². The fraction of sp³-hybridized carbons (Fsp3) is 0.846. The third-order valence-corrected chi connectivity index (χ3v) is 3.49. The van der Waals surface area contributed by atoms with Gasteiger partial charge in [0.05, 0.1) is 0 Å². The largest absolute Gasteiger partial charge is 0.339 e. The summed E-state index contributed by atoms with van der Waals surface area (Å²) in [5.74, 6) is 2.31. The van der Waals surface area contributed by atoms with Crippen molar-refractivity contribution in [1.82, 2.24) is 15.5 Å². The van der Waals surface area contributed by atoms with Crippen molar-refractivity contribution in [3.63, 3.8) is 0 Å². The molecule has 0 amide bonds. The summed E-state index contributed by atoms with van der Waals surface area (Å²) >= 11 is 0. The molecule has 1 atom stereocenters. The van der Waals surface area contributed by atoms with Gasteiger partial charge in [0.1, 0.15) is 0 Å². The van der Waals surface area contributed by atoms with Crippen LogP contribution in [0.15, 0.2) is 4.52 Å². The first-order chi connectivity index (χ1) is 8.29. The molecule has 1 aromatic heterocycles. The predicted octanol–water partition coefficient (Wildman–Crippen LogP) is 2.66. The molecule has 17 heavy (non-hydrogen) atoms. The third-order valence-electron chi connectivity index (χ3n) is 3.49. The summed E-state index contributed by atoms with van der Waals surface area (Å²) in [4.78, 5) is 4.48. The molecule has 1 fully saturated rings. The van der Waals surface area contributed by atoms with Crippen LogP contribution in [0, 0.1) is 0 Å². The predicted molar refractivity (Wildman–Crippen MR) is 67.0 cm³/mol. The van der Waals surface area contributed by atoms with Gasteiger partial charge in [-0.15, -0.1) is 0 Å². The molecule has 0 spiro atoms. The monoisotopic (exact) mass is 237 g/mol. The standard InChI is InChI=1S/C13H23N3O/c1-3-9-14-10(2)7-8-12-15-13(16-17-12)11-5-4-6-11/h10-11,14H,3-9H2,1-2H3. The Morgan fingerprint density at radius 3 is 2.94 bits per heavy atom. The molecule has 0 radical (unpaired) electrons. The summed E-state index contributed by atoms with van der Waals surface area (Å²) in [6.07, 6.45) is 6.90. The van der Waals surface area contributed by atoms with E-state index in [1.807, 2.05) is 0 Å². The number of nitrogens with one attached hydrogen (secondary N) is 1. The zero-order chi connectivity index (χ0) is 12.1. The van der Waals surface area contributed by atoms with Gasteiger partial charge in [0.15, 0.2) is 5.82 Å². The molecule has 0 aliphatic heterocycles. The van der Waals surface area contributed by atoms with Crippen molar-refractivity contribution in [2.75, 3.05) is 6.54 Å². The maximum atomic E-state index is 5.29. The summed E-state index contributed by atoms with van der Waals surface area (Å²) in [5, 5.41) is 7.54. The Bertz CT molecular complexity index is 333. The van der Waals surface area contributed by atoms with Crippen LogP contribution in [0.4, 0.5) is 0 Å². The SMILES string of the molecule is CCCNC(C)CCc1nc(C2CCC2)no1. The van der Waals surface area contributed by atoms with Gasteiger partial charge in [-0.2, -0.15) is 4.98 Å². The van der Waals surface area contributed by atoms with Gasteiger partial charge in [-0.05, 0) is 39.2 Å². The zero-order valence-corrected chi connectivity index (χ0v) is 10.9. The van der Waals surface area contributed by atoms with Gasteiger partial charge in [0, 0.05) is 18.4 Å². The molecule has 0 bridgehead atoms. The first kappa shape index (κ1) is 12.6. The molecule has 1 aromatic rings. The highest BCUT2D eigenvalue weighted by Gasteiger charge is 2.24. The minimum Gasteiger partial charge on any atom is -0.339 e. The van der Waals surface area contributed by atoms with E-state index in [0.717, 1.165) is 31.1 Å². The van der Waals surface area contributed by atoms with Crippen LogP contribution >= 0.6 is 0 Å². The van der Waals surface area contributed by atoms with Crippen LogP contribution in [0.1, 0.15) is 63.6 Å². The first-order valence-electron chi connectivity index (χ1n) is 6.85. The molecule has 1 N–H and O–H groups in total. The van der Waals surface area contributed by atoms with Crippen LogP contribution in [-0.2, 0) is 6.42 Å². The van der Waals surface area contributed by atoms with Gasteiger partial charge in [0.2, 0.25) is 5.89 Å². The Morgan fingerprint density at radius 1 is 1.47 bits per heavy atom. The topological polar surface area (TPSA) is 51.0 Å². The van der Waals surface area contributed by atoms with E-state index in [0.29, 0.717) is 12.0 Å². The number of nitrogens with zero attached hydrogens (tertiary/aromatic N) is 2. The average molecular weight is 237 g/mol.